The van der Waals surface area contributed by atoms with Gasteiger partial charge in [-0.1, -0.05) is 18.2 Å². The Bertz CT molecular complexity index is 879. The molecule has 0 aromatic heterocycles. The molecule has 3 aliphatic rings. The van der Waals surface area contributed by atoms with Crippen LogP contribution < -0.4 is 14.8 Å². The smallest absolute Gasteiger partial charge is 0.293 e. The first-order valence-electron chi connectivity index (χ1n) is 9.18. The standard InChI is InChI=1S/C20H20N2O5S/c23-18(11-13-3-1-2-4-13)21-7-8-22-19(24)17(28-20(22)25)10-14-5-6-15-16(9-14)27-12-26-15/h1,3,5-6,9-10,13H,2,4,7-8,11-12H2,(H,21,23). The van der Waals surface area contributed by atoms with Gasteiger partial charge < -0.3 is 14.8 Å². The number of carbonyl (C=O) groups excluding carboxylic acids is 3. The minimum absolute atomic E-state index is 0.0561. The number of thioether (sulfide) groups is 1. The number of nitrogens with one attached hydrogen (secondary N) is 1. The molecule has 3 amide bonds. The molecule has 4 rings (SSSR count). The van der Waals surface area contributed by atoms with Crippen LogP contribution in [0, 0.1) is 5.92 Å². The van der Waals surface area contributed by atoms with Gasteiger partial charge in [0.25, 0.3) is 11.1 Å². The van der Waals surface area contributed by atoms with Crippen LogP contribution in [0.2, 0.25) is 0 Å². The molecule has 1 aliphatic carbocycles. The number of amides is 3. The molecule has 1 fully saturated rings. The number of fused-ring (bicyclic) bond motifs is 1. The predicted molar refractivity (Wildman–Crippen MR) is 105 cm³/mol. The first kappa shape index (κ1) is 18.6. The van der Waals surface area contributed by atoms with Crippen molar-refractivity contribution in [1.82, 2.24) is 10.2 Å². The Morgan fingerprint density at radius 2 is 2.14 bits per heavy atom. The summed E-state index contributed by atoms with van der Waals surface area (Å²) < 4.78 is 10.6. The Kier molecular flexibility index (Phi) is 5.38. The van der Waals surface area contributed by atoms with Gasteiger partial charge in [0.2, 0.25) is 12.7 Å². The van der Waals surface area contributed by atoms with Gasteiger partial charge in [0.1, 0.15) is 0 Å². The summed E-state index contributed by atoms with van der Waals surface area (Å²) in [6, 6.07) is 5.35. The molecule has 0 radical (unpaired) electrons. The largest absolute Gasteiger partial charge is 0.454 e. The van der Waals surface area contributed by atoms with E-state index >= 15 is 0 Å². The fraction of sp³-hybridized carbons (Fsp3) is 0.350. The van der Waals surface area contributed by atoms with Gasteiger partial charge >= 0.3 is 0 Å². The number of hydrogen-bond donors (Lipinski definition) is 1. The topological polar surface area (TPSA) is 84.9 Å². The molecule has 0 spiro atoms. The SMILES string of the molecule is O=C(CC1C=CCC1)NCCN1C(=O)SC(=Cc2ccc3c(c2)OCO3)C1=O. The van der Waals surface area contributed by atoms with Crippen molar-refractivity contribution in [3.05, 3.63) is 40.8 Å². The second-order valence-corrected chi connectivity index (χ2v) is 7.76. The van der Waals surface area contributed by atoms with Crippen LogP contribution in [0.15, 0.2) is 35.3 Å². The summed E-state index contributed by atoms with van der Waals surface area (Å²) in [5.41, 5.74) is 0.757. The lowest BCUT2D eigenvalue weighted by Gasteiger charge is -2.13. The average molecular weight is 400 g/mol. The van der Waals surface area contributed by atoms with Crippen molar-refractivity contribution in [2.45, 2.75) is 19.3 Å². The Labute approximate surface area is 166 Å². The van der Waals surface area contributed by atoms with Crippen molar-refractivity contribution in [2.24, 2.45) is 5.92 Å². The lowest BCUT2D eigenvalue weighted by atomic mass is 10.1. The van der Waals surface area contributed by atoms with Crippen LogP contribution in [-0.2, 0) is 9.59 Å². The van der Waals surface area contributed by atoms with Crippen molar-refractivity contribution in [3.8, 4) is 11.5 Å². The molecule has 1 unspecified atom stereocenters. The zero-order valence-electron chi connectivity index (χ0n) is 15.2. The molecule has 146 valence electrons. The van der Waals surface area contributed by atoms with Crippen molar-refractivity contribution < 1.29 is 23.9 Å². The van der Waals surface area contributed by atoms with Crippen LogP contribution in [0.1, 0.15) is 24.8 Å². The van der Waals surface area contributed by atoms with E-state index in [-0.39, 0.29) is 36.9 Å². The van der Waals surface area contributed by atoms with Crippen molar-refractivity contribution in [3.63, 3.8) is 0 Å². The number of nitrogens with zero attached hydrogens (tertiary/aromatic N) is 1. The minimum Gasteiger partial charge on any atom is -0.454 e. The maximum atomic E-state index is 12.5. The lowest BCUT2D eigenvalue weighted by Crippen LogP contribution is -2.37. The van der Waals surface area contributed by atoms with E-state index in [2.05, 4.69) is 17.5 Å². The number of allylic oxidation sites excluding steroid dienone is 2. The van der Waals surface area contributed by atoms with Crippen LogP contribution in [-0.4, -0.2) is 41.8 Å². The van der Waals surface area contributed by atoms with Crippen molar-refractivity contribution in [2.75, 3.05) is 19.9 Å². The fourth-order valence-electron chi connectivity index (χ4n) is 3.33. The maximum absolute atomic E-state index is 12.5. The molecule has 28 heavy (non-hydrogen) atoms. The number of hydrogen-bond acceptors (Lipinski definition) is 6. The van der Waals surface area contributed by atoms with Crippen LogP contribution in [0.4, 0.5) is 4.79 Å². The van der Waals surface area contributed by atoms with E-state index in [0.717, 1.165) is 30.2 Å². The molecule has 8 heteroatoms. The number of imide groups is 1. The monoisotopic (exact) mass is 400 g/mol. The van der Waals surface area contributed by atoms with E-state index in [0.29, 0.717) is 28.7 Å². The third-order valence-electron chi connectivity index (χ3n) is 4.79. The number of rotatable bonds is 6. The third-order valence-corrected chi connectivity index (χ3v) is 5.69. The van der Waals surface area contributed by atoms with Gasteiger partial charge in [0.05, 0.1) is 4.91 Å². The lowest BCUT2D eigenvalue weighted by molar-refractivity contribution is -0.124. The van der Waals surface area contributed by atoms with E-state index in [4.69, 9.17) is 9.47 Å². The van der Waals surface area contributed by atoms with E-state index in [1.54, 1.807) is 24.3 Å². The third kappa shape index (κ3) is 4.06. The van der Waals surface area contributed by atoms with E-state index in [9.17, 15) is 14.4 Å². The van der Waals surface area contributed by atoms with Gasteiger partial charge in [0.15, 0.2) is 11.5 Å². The first-order chi connectivity index (χ1) is 13.6. The van der Waals surface area contributed by atoms with Gasteiger partial charge in [-0.15, -0.1) is 0 Å². The molecule has 1 N–H and O–H groups in total. The van der Waals surface area contributed by atoms with Crippen LogP contribution in [0.3, 0.4) is 0 Å². The molecule has 1 aromatic carbocycles. The normalized spacial score (nSPS) is 21.8. The predicted octanol–water partition coefficient (Wildman–Crippen LogP) is 2.92. The van der Waals surface area contributed by atoms with Crippen LogP contribution in [0.5, 0.6) is 11.5 Å². The summed E-state index contributed by atoms with van der Waals surface area (Å²) in [5, 5.41) is 2.46. The highest BCUT2D eigenvalue weighted by Gasteiger charge is 2.34. The molecule has 1 aromatic rings. The Balaban J connectivity index is 1.32. The molecular weight excluding hydrogens is 380 g/mol. The van der Waals surface area contributed by atoms with Gasteiger partial charge in [-0.3, -0.25) is 19.3 Å². The molecule has 2 aliphatic heterocycles. The molecular formula is C20H20N2O5S. The Morgan fingerprint density at radius 1 is 1.29 bits per heavy atom. The number of ether oxygens (including phenoxy) is 2. The second kappa shape index (κ2) is 8.10. The van der Waals surface area contributed by atoms with Crippen molar-refractivity contribution >= 4 is 34.9 Å². The number of benzene rings is 1. The van der Waals surface area contributed by atoms with Gasteiger partial charge in [-0.2, -0.15) is 0 Å². The maximum Gasteiger partial charge on any atom is 0.293 e. The highest BCUT2D eigenvalue weighted by Crippen LogP contribution is 2.36. The van der Waals surface area contributed by atoms with Gasteiger partial charge in [-0.05, 0) is 54.3 Å². The molecule has 2 heterocycles. The van der Waals surface area contributed by atoms with Gasteiger partial charge in [-0.25, -0.2) is 0 Å². The van der Waals surface area contributed by atoms with Crippen LogP contribution in [0.25, 0.3) is 6.08 Å². The summed E-state index contributed by atoms with van der Waals surface area (Å²) in [6.07, 6.45) is 8.29. The Morgan fingerprint density at radius 3 is 2.96 bits per heavy atom. The summed E-state index contributed by atoms with van der Waals surface area (Å²) in [4.78, 5) is 38.2. The zero-order valence-corrected chi connectivity index (χ0v) is 16.0. The summed E-state index contributed by atoms with van der Waals surface area (Å²) >= 11 is 0.900. The van der Waals surface area contributed by atoms with E-state index < -0.39 is 0 Å². The van der Waals surface area contributed by atoms with Gasteiger partial charge in [0, 0.05) is 19.5 Å². The fourth-order valence-corrected chi connectivity index (χ4v) is 4.19. The Hall–Kier alpha value is -2.74. The molecule has 0 saturated carbocycles. The quantitative estimate of drug-likeness (QED) is 0.584. The highest BCUT2D eigenvalue weighted by atomic mass is 32.2. The minimum atomic E-state index is -0.347. The first-order valence-corrected chi connectivity index (χ1v) is 10.0. The summed E-state index contributed by atoms with van der Waals surface area (Å²) in [7, 11) is 0. The van der Waals surface area contributed by atoms with E-state index in [1.165, 1.54) is 4.90 Å². The van der Waals surface area contributed by atoms with Crippen molar-refractivity contribution in [1.29, 1.82) is 0 Å². The van der Waals surface area contributed by atoms with E-state index in [1.807, 2.05) is 0 Å². The highest BCUT2D eigenvalue weighted by molar-refractivity contribution is 8.18. The molecule has 7 nitrogen and oxygen atoms in total. The second-order valence-electron chi connectivity index (χ2n) is 6.77. The summed E-state index contributed by atoms with van der Waals surface area (Å²) in [6.45, 7) is 0.595. The van der Waals surface area contributed by atoms with Crippen LogP contribution >= 0.6 is 11.8 Å². The average Bonchev–Trinajstić information content (AvgIpc) is 3.39. The molecule has 1 atom stereocenters. The zero-order chi connectivity index (χ0) is 19.5. The summed E-state index contributed by atoms with van der Waals surface area (Å²) in [5.74, 6) is 1.17. The molecule has 1 saturated heterocycles. The number of carbonyl (C=O) groups is 3. The molecule has 0 bridgehead atoms.